The van der Waals surface area contributed by atoms with Gasteiger partial charge in [0.15, 0.2) is 0 Å². The predicted molar refractivity (Wildman–Crippen MR) is 136 cm³/mol. The number of rotatable bonds is 8. The van der Waals surface area contributed by atoms with E-state index in [2.05, 4.69) is 57.8 Å². The second-order valence-electron chi connectivity index (χ2n) is 8.34. The molecule has 2 aromatic carbocycles. The van der Waals surface area contributed by atoms with E-state index >= 15 is 0 Å². The van der Waals surface area contributed by atoms with Gasteiger partial charge in [0.05, 0.1) is 10.6 Å². The van der Waals surface area contributed by atoms with E-state index in [1.165, 1.54) is 37.1 Å². The van der Waals surface area contributed by atoms with Crippen molar-refractivity contribution in [1.82, 2.24) is 14.9 Å². The maximum absolute atomic E-state index is 5.91. The zero-order valence-electron chi connectivity index (χ0n) is 18.8. The normalized spacial score (nSPS) is 13.8. The second-order valence-corrected chi connectivity index (χ2v) is 9.25. The van der Waals surface area contributed by atoms with Crippen molar-refractivity contribution in [2.45, 2.75) is 19.8 Å². The van der Waals surface area contributed by atoms with Gasteiger partial charge in [0.2, 0.25) is 5.95 Å². The number of hydrogen-bond acceptors (Lipinski definition) is 6. The molecule has 1 aliphatic heterocycles. The van der Waals surface area contributed by atoms with E-state index in [9.17, 15) is 0 Å². The summed E-state index contributed by atoms with van der Waals surface area (Å²) >= 11 is 1.71. The molecule has 3 heterocycles. The number of aromatic nitrogens is 2. The van der Waals surface area contributed by atoms with Gasteiger partial charge in [-0.1, -0.05) is 30.3 Å². The molecule has 0 atom stereocenters. The fourth-order valence-corrected chi connectivity index (χ4v) is 5.03. The lowest BCUT2D eigenvalue weighted by molar-refractivity contribution is 0.238. The zero-order chi connectivity index (χ0) is 22.5. The summed E-state index contributed by atoms with van der Waals surface area (Å²) in [6.45, 7) is 6.17. The van der Waals surface area contributed by atoms with E-state index in [-0.39, 0.29) is 0 Å². The third kappa shape index (κ3) is 5.41. The highest BCUT2D eigenvalue weighted by Gasteiger charge is 2.12. The maximum Gasteiger partial charge on any atom is 0.227 e. The van der Waals surface area contributed by atoms with Crippen LogP contribution in [0.25, 0.3) is 21.7 Å². The van der Waals surface area contributed by atoms with E-state index in [0.29, 0.717) is 5.95 Å². The van der Waals surface area contributed by atoms with Crippen LogP contribution in [0.2, 0.25) is 0 Å². The molecule has 0 amide bonds. The fourth-order valence-electron chi connectivity index (χ4n) is 4.06. The number of benzene rings is 2. The lowest BCUT2D eigenvalue weighted by Crippen LogP contribution is -2.25. The van der Waals surface area contributed by atoms with Gasteiger partial charge in [-0.2, -0.15) is 0 Å². The number of anilines is 2. The highest BCUT2D eigenvalue weighted by Crippen LogP contribution is 2.33. The quantitative estimate of drug-likeness (QED) is 0.332. The van der Waals surface area contributed by atoms with Crippen molar-refractivity contribution in [3.63, 3.8) is 0 Å². The van der Waals surface area contributed by atoms with Crippen molar-refractivity contribution in [3.05, 3.63) is 77.8 Å². The first-order valence-corrected chi connectivity index (χ1v) is 12.3. The Bertz CT molecular complexity index is 1180. The predicted octanol–water partition coefficient (Wildman–Crippen LogP) is 6.40. The average molecular weight is 457 g/mol. The maximum atomic E-state index is 5.91. The molecule has 5 rings (SSSR count). The second kappa shape index (κ2) is 10.1. The number of likely N-dealkylation sites (tertiary alicyclic amines) is 1. The monoisotopic (exact) mass is 456 g/mol. The Hall–Kier alpha value is -3.22. The fraction of sp³-hybridized carbons (Fsp3) is 0.259. The van der Waals surface area contributed by atoms with E-state index in [4.69, 9.17) is 9.72 Å². The van der Waals surface area contributed by atoms with E-state index in [1.54, 1.807) is 11.3 Å². The Balaban J connectivity index is 1.24. The number of thiophene rings is 1. The molecule has 168 valence electrons. The van der Waals surface area contributed by atoms with Gasteiger partial charge in [0, 0.05) is 18.4 Å². The molecule has 5 nitrogen and oxygen atoms in total. The number of nitrogens with one attached hydrogen (secondary N) is 1. The molecule has 0 saturated carbocycles. The van der Waals surface area contributed by atoms with Crippen LogP contribution in [-0.2, 0) is 0 Å². The molecule has 1 aliphatic rings. The lowest BCUT2D eigenvalue weighted by atomic mass is 10.1. The molecule has 1 N–H and O–H groups in total. The smallest absolute Gasteiger partial charge is 0.227 e. The standard InChI is InChI=1S/C27H28N4OS/c1-20-18-28-27(30-26(20)25-17-22(19-33-25)21-7-3-2-4-8-21)29-23-9-11-24(12-10-23)32-16-15-31-13-5-6-14-31/h2-4,7-12,17-19H,5-6,13-16H2,1H3,(H,28,29,30). The Morgan fingerprint density at radius 2 is 1.79 bits per heavy atom. The molecule has 0 aliphatic carbocycles. The van der Waals surface area contributed by atoms with E-state index in [1.807, 2.05) is 36.5 Å². The molecule has 2 aromatic heterocycles. The van der Waals surface area contributed by atoms with Gasteiger partial charge in [0.25, 0.3) is 0 Å². The molecule has 0 spiro atoms. The third-order valence-corrected chi connectivity index (χ3v) is 6.83. The van der Waals surface area contributed by atoms with Crippen LogP contribution in [-0.4, -0.2) is 41.1 Å². The van der Waals surface area contributed by atoms with Crippen molar-refractivity contribution >= 4 is 23.0 Å². The zero-order valence-corrected chi connectivity index (χ0v) is 19.6. The summed E-state index contributed by atoms with van der Waals surface area (Å²) in [4.78, 5) is 12.9. The molecule has 4 aromatic rings. The van der Waals surface area contributed by atoms with E-state index in [0.717, 1.165) is 40.7 Å². The van der Waals surface area contributed by atoms with Gasteiger partial charge in [-0.3, -0.25) is 4.90 Å². The molecule has 1 saturated heterocycles. The molecule has 0 unspecified atom stereocenters. The highest BCUT2D eigenvalue weighted by atomic mass is 32.1. The molecular formula is C27H28N4OS. The molecule has 33 heavy (non-hydrogen) atoms. The molecule has 0 radical (unpaired) electrons. The van der Waals surface area contributed by atoms with Crippen LogP contribution in [0, 0.1) is 6.92 Å². The van der Waals surface area contributed by atoms with Gasteiger partial charge >= 0.3 is 0 Å². The molecule has 1 fully saturated rings. The van der Waals surface area contributed by atoms with Crippen LogP contribution in [0.1, 0.15) is 18.4 Å². The molecule has 0 bridgehead atoms. The van der Waals surface area contributed by atoms with E-state index < -0.39 is 0 Å². The van der Waals surface area contributed by atoms with Gasteiger partial charge in [-0.05, 0) is 85.3 Å². The topological polar surface area (TPSA) is 50.3 Å². The van der Waals surface area contributed by atoms with Crippen LogP contribution in [0.5, 0.6) is 5.75 Å². The Morgan fingerprint density at radius 3 is 2.58 bits per heavy atom. The number of hydrogen-bond donors (Lipinski definition) is 1. The van der Waals surface area contributed by atoms with Crippen molar-refractivity contribution in [2.75, 3.05) is 31.6 Å². The summed E-state index contributed by atoms with van der Waals surface area (Å²) in [5.74, 6) is 1.48. The highest BCUT2D eigenvalue weighted by molar-refractivity contribution is 7.14. The molecular weight excluding hydrogens is 428 g/mol. The summed E-state index contributed by atoms with van der Waals surface area (Å²) < 4.78 is 5.91. The van der Waals surface area contributed by atoms with Crippen molar-refractivity contribution in [3.8, 4) is 27.4 Å². The van der Waals surface area contributed by atoms with Crippen LogP contribution in [0.15, 0.2) is 72.2 Å². The van der Waals surface area contributed by atoms with Gasteiger partial charge < -0.3 is 10.1 Å². The minimum atomic E-state index is 0.591. The Kier molecular flexibility index (Phi) is 6.65. The number of nitrogens with zero attached hydrogens (tertiary/aromatic N) is 3. The third-order valence-electron chi connectivity index (χ3n) is 5.90. The van der Waals surface area contributed by atoms with Crippen molar-refractivity contribution in [1.29, 1.82) is 0 Å². The summed E-state index contributed by atoms with van der Waals surface area (Å²) in [7, 11) is 0. The largest absolute Gasteiger partial charge is 0.492 e. The van der Waals surface area contributed by atoms with Crippen molar-refractivity contribution < 1.29 is 4.74 Å². The Morgan fingerprint density at radius 1 is 1.00 bits per heavy atom. The van der Waals surface area contributed by atoms with Gasteiger partial charge in [-0.15, -0.1) is 11.3 Å². The first-order valence-electron chi connectivity index (χ1n) is 11.4. The SMILES string of the molecule is Cc1cnc(Nc2ccc(OCCN3CCCC3)cc2)nc1-c1cc(-c2ccccc2)cs1. The van der Waals surface area contributed by atoms with Crippen LogP contribution < -0.4 is 10.1 Å². The summed E-state index contributed by atoms with van der Waals surface area (Å²) in [6, 6.07) is 20.6. The van der Waals surface area contributed by atoms with Crippen LogP contribution in [0.3, 0.4) is 0 Å². The Labute approximate surface area is 199 Å². The number of ether oxygens (including phenoxy) is 1. The minimum absolute atomic E-state index is 0.591. The number of aryl methyl sites for hydroxylation is 1. The minimum Gasteiger partial charge on any atom is -0.492 e. The van der Waals surface area contributed by atoms with Crippen LogP contribution >= 0.6 is 11.3 Å². The summed E-state index contributed by atoms with van der Waals surface area (Å²) in [5, 5.41) is 5.51. The first-order chi connectivity index (χ1) is 16.2. The van der Waals surface area contributed by atoms with Gasteiger partial charge in [-0.25, -0.2) is 9.97 Å². The average Bonchev–Trinajstić information content (AvgIpc) is 3.55. The molecule has 6 heteroatoms. The van der Waals surface area contributed by atoms with Crippen LogP contribution in [0.4, 0.5) is 11.6 Å². The lowest BCUT2D eigenvalue weighted by Gasteiger charge is -2.15. The first kappa shape index (κ1) is 21.6. The van der Waals surface area contributed by atoms with Gasteiger partial charge in [0.1, 0.15) is 12.4 Å². The van der Waals surface area contributed by atoms with Crippen molar-refractivity contribution in [2.24, 2.45) is 0 Å². The summed E-state index contributed by atoms with van der Waals surface area (Å²) in [6.07, 6.45) is 4.50. The summed E-state index contributed by atoms with van der Waals surface area (Å²) in [5.41, 5.74) is 5.38.